The predicted molar refractivity (Wildman–Crippen MR) is 123 cm³/mol. The molecule has 0 aliphatic carbocycles. The minimum atomic E-state index is -0.529. The van der Waals surface area contributed by atoms with Gasteiger partial charge in [-0.1, -0.05) is 35.9 Å². The van der Waals surface area contributed by atoms with Crippen LogP contribution in [0.1, 0.15) is 16.8 Å². The van der Waals surface area contributed by atoms with E-state index in [4.69, 9.17) is 23.8 Å². The summed E-state index contributed by atoms with van der Waals surface area (Å²) in [6.45, 7) is 3.81. The van der Waals surface area contributed by atoms with E-state index in [1.165, 1.54) is 4.90 Å². The van der Waals surface area contributed by atoms with Crippen molar-refractivity contribution < 1.29 is 9.59 Å². The molecule has 1 saturated heterocycles. The molecule has 0 atom stereocenters. The van der Waals surface area contributed by atoms with Gasteiger partial charge in [0, 0.05) is 22.6 Å². The van der Waals surface area contributed by atoms with Crippen LogP contribution < -0.4 is 10.2 Å². The van der Waals surface area contributed by atoms with Crippen LogP contribution in [0.4, 0.5) is 5.69 Å². The summed E-state index contributed by atoms with van der Waals surface area (Å²) >= 11 is 11.5. The highest BCUT2D eigenvalue weighted by Gasteiger charge is 2.35. The number of nitrogens with zero attached hydrogens (tertiary/aromatic N) is 2. The number of carbonyl (C=O) groups excluding carboxylic acids is 2. The Hall–Kier alpha value is -3.22. The number of rotatable bonds is 3. The molecule has 0 unspecified atom stereocenters. The summed E-state index contributed by atoms with van der Waals surface area (Å²) in [4.78, 5) is 27.3. The lowest BCUT2D eigenvalue weighted by Crippen LogP contribution is -2.54. The third-order valence-corrected chi connectivity index (χ3v) is 5.72. The minimum absolute atomic E-state index is 0.00323. The van der Waals surface area contributed by atoms with Crippen LogP contribution in [-0.4, -0.2) is 21.5 Å². The maximum absolute atomic E-state index is 13.3. The molecule has 1 fully saturated rings. The van der Waals surface area contributed by atoms with E-state index in [0.717, 1.165) is 11.3 Å². The summed E-state index contributed by atoms with van der Waals surface area (Å²) in [6, 6.07) is 16.8. The fraction of sp³-hybridized carbons (Fsp3) is 0.0870. The number of carbonyl (C=O) groups is 2. The normalized spacial score (nSPS) is 15.6. The van der Waals surface area contributed by atoms with E-state index in [2.05, 4.69) is 5.32 Å². The molecule has 3 aromatic rings. The molecule has 1 N–H and O–H groups in total. The van der Waals surface area contributed by atoms with Crippen LogP contribution in [0.15, 0.2) is 66.4 Å². The number of halogens is 1. The first-order valence-electron chi connectivity index (χ1n) is 9.28. The highest BCUT2D eigenvalue weighted by atomic mass is 35.5. The van der Waals surface area contributed by atoms with Crippen molar-refractivity contribution in [1.82, 2.24) is 9.88 Å². The molecule has 7 heteroatoms. The molecule has 0 saturated carbocycles. The maximum atomic E-state index is 13.3. The Morgan fingerprint density at radius 3 is 2.47 bits per heavy atom. The van der Waals surface area contributed by atoms with E-state index in [1.54, 1.807) is 31.2 Å². The zero-order valence-electron chi connectivity index (χ0n) is 16.3. The van der Waals surface area contributed by atoms with E-state index in [1.807, 2.05) is 54.1 Å². The van der Waals surface area contributed by atoms with E-state index in [9.17, 15) is 9.59 Å². The van der Waals surface area contributed by atoms with Crippen molar-refractivity contribution in [1.29, 1.82) is 0 Å². The number of aryl methyl sites for hydroxylation is 1. The maximum Gasteiger partial charge on any atom is 0.270 e. The molecule has 0 radical (unpaired) electrons. The van der Waals surface area contributed by atoms with Gasteiger partial charge in [0.25, 0.3) is 11.8 Å². The first-order chi connectivity index (χ1) is 14.4. The van der Waals surface area contributed by atoms with E-state index in [0.29, 0.717) is 22.0 Å². The number of hydrogen-bond donors (Lipinski definition) is 1. The average Bonchev–Trinajstić information content (AvgIpc) is 3.16. The number of nitrogens with one attached hydrogen (secondary N) is 1. The monoisotopic (exact) mass is 435 g/mol. The van der Waals surface area contributed by atoms with E-state index < -0.39 is 11.8 Å². The van der Waals surface area contributed by atoms with Crippen LogP contribution in [0, 0.1) is 13.8 Å². The Bertz CT molecular complexity index is 1230. The standard InChI is InChI=1S/C23H18ClN3O2S/c1-14-7-3-4-10-19(14)26-12-6-8-16(26)13-17-21(28)25-23(30)27(22(17)29)20-11-5-9-18(24)15(20)2/h3-13H,1-2H3,(H,25,28,30)/b17-13+. The Morgan fingerprint density at radius 2 is 1.70 bits per heavy atom. The fourth-order valence-corrected chi connectivity index (χ4v) is 3.87. The Kier molecular flexibility index (Phi) is 5.28. The van der Waals surface area contributed by atoms with Crippen molar-refractivity contribution in [2.45, 2.75) is 13.8 Å². The largest absolute Gasteiger partial charge is 0.317 e. The summed E-state index contributed by atoms with van der Waals surface area (Å²) in [5.41, 5.74) is 3.99. The Morgan fingerprint density at radius 1 is 0.967 bits per heavy atom. The lowest BCUT2D eigenvalue weighted by Gasteiger charge is -2.30. The fourth-order valence-electron chi connectivity index (χ4n) is 3.43. The number of para-hydroxylation sites is 1. The van der Waals surface area contributed by atoms with Gasteiger partial charge in [-0.25, -0.2) is 0 Å². The first kappa shape index (κ1) is 20.1. The molecule has 1 aliphatic rings. The number of amides is 2. The summed E-state index contributed by atoms with van der Waals surface area (Å²) in [6.07, 6.45) is 3.47. The van der Waals surface area contributed by atoms with Crippen molar-refractivity contribution >= 4 is 52.5 Å². The molecule has 5 nitrogen and oxygen atoms in total. The summed E-state index contributed by atoms with van der Waals surface area (Å²) in [7, 11) is 0. The number of anilines is 1. The molecule has 0 spiro atoms. The Balaban J connectivity index is 1.79. The van der Waals surface area contributed by atoms with Crippen LogP contribution in [-0.2, 0) is 9.59 Å². The highest BCUT2D eigenvalue weighted by molar-refractivity contribution is 7.80. The summed E-state index contributed by atoms with van der Waals surface area (Å²) in [5, 5.41) is 3.16. The summed E-state index contributed by atoms with van der Waals surface area (Å²) < 4.78 is 1.94. The number of benzene rings is 2. The Labute approximate surface area is 184 Å². The van der Waals surface area contributed by atoms with Gasteiger partial charge in [0.05, 0.1) is 5.69 Å². The second kappa shape index (κ2) is 7.89. The minimum Gasteiger partial charge on any atom is -0.317 e. The molecule has 30 heavy (non-hydrogen) atoms. The molecular formula is C23H18ClN3O2S. The van der Waals surface area contributed by atoms with Crippen LogP contribution in [0.2, 0.25) is 5.02 Å². The molecular weight excluding hydrogens is 418 g/mol. The lowest BCUT2D eigenvalue weighted by molar-refractivity contribution is -0.122. The second-order valence-electron chi connectivity index (χ2n) is 6.93. The number of aromatic nitrogens is 1. The van der Waals surface area contributed by atoms with Crippen LogP contribution in [0.5, 0.6) is 0 Å². The first-order valence-corrected chi connectivity index (χ1v) is 10.1. The second-order valence-corrected chi connectivity index (χ2v) is 7.73. The van der Waals surface area contributed by atoms with Crippen molar-refractivity contribution in [3.8, 4) is 5.69 Å². The predicted octanol–water partition coefficient (Wildman–Crippen LogP) is 4.58. The topological polar surface area (TPSA) is 54.3 Å². The van der Waals surface area contributed by atoms with Crippen LogP contribution in [0.25, 0.3) is 11.8 Å². The van der Waals surface area contributed by atoms with Crippen molar-refractivity contribution in [2.75, 3.05) is 4.90 Å². The van der Waals surface area contributed by atoms with E-state index in [-0.39, 0.29) is 10.7 Å². The van der Waals surface area contributed by atoms with E-state index >= 15 is 0 Å². The zero-order chi connectivity index (χ0) is 21.4. The third-order valence-electron chi connectivity index (χ3n) is 5.03. The molecule has 2 amide bonds. The molecule has 2 heterocycles. The van der Waals surface area contributed by atoms with Gasteiger partial charge in [-0.05, 0) is 73.6 Å². The molecule has 0 bridgehead atoms. The number of thiocarbonyl (C=S) groups is 1. The lowest BCUT2D eigenvalue weighted by atomic mass is 10.1. The van der Waals surface area contributed by atoms with Gasteiger partial charge in [0.2, 0.25) is 0 Å². The molecule has 4 rings (SSSR count). The average molecular weight is 436 g/mol. The van der Waals surface area contributed by atoms with Gasteiger partial charge in [0.1, 0.15) is 5.57 Å². The molecule has 2 aromatic carbocycles. The zero-order valence-corrected chi connectivity index (χ0v) is 17.9. The van der Waals surface area contributed by atoms with Crippen LogP contribution >= 0.6 is 23.8 Å². The molecule has 150 valence electrons. The number of hydrogen-bond acceptors (Lipinski definition) is 3. The van der Waals surface area contributed by atoms with Crippen LogP contribution in [0.3, 0.4) is 0 Å². The van der Waals surface area contributed by atoms with Crippen molar-refractivity contribution in [3.05, 3.63) is 88.2 Å². The van der Waals surface area contributed by atoms with Gasteiger partial charge in [0.15, 0.2) is 5.11 Å². The highest BCUT2D eigenvalue weighted by Crippen LogP contribution is 2.30. The van der Waals surface area contributed by atoms with Gasteiger partial charge in [-0.2, -0.15) is 0 Å². The van der Waals surface area contributed by atoms with Crippen molar-refractivity contribution in [3.63, 3.8) is 0 Å². The molecule has 1 aromatic heterocycles. The SMILES string of the molecule is Cc1ccccc1-n1cccc1/C=C1\C(=O)NC(=S)N(c2cccc(Cl)c2C)C1=O. The third kappa shape index (κ3) is 3.44. The van der Waals surface area contributed by atoms with Gasteiger partial charge in [-0.3, -0.25) is 19.8 Å². The van der Waals surface area contributed by atoms with Crippen molar-refractivity contribution in [2.24, 2.45) is 0 Å². The quantitative estimate of drug-likeness (QED) is 0.372. The smallest absolute Gasteiger partial charge is 0.270 e. The van der Waals surface area contributed by atoms with Gasteiger partial charge >= 0.3 is 0 Å². The summed E-state index contributed by atoms with van der Waals surface area (Å²) in [5.74, 6) is -1.02. The molecule has 1 aliphatic heterocycles. The van der Waals surface area contributed by atoms with Gasteiger partial charge < -0.3 is 4.57 Å². The van der Waals surface area contributed by atoms with Gasteiger partial charge in [-0.15, -0.1) is 0 Å².